The Labute approximate surface area is 214 Å². The smallest absolute Gasteiger partial charge is 0.182 e. The minimum Gasteiger partial charge on any atom is -0.380 e. The van der Waals surface area contributed by atoms with Gasteiger partial charge in [-0.05, 0) is 99.0 Å². The highest BCUT2D eigenvalue weighted by molar-refractivity contribution is 5.68. The van der Waals surface area contributed by atoms with Gasteiger partial charge in [-0.15, -0.1) is 0 Å². The first kappa shape index (κ1) is 24.4. The Morgan fingerprint density at radius 2 is 1.61 bits per heavy atom. The largest absolute Gasteiger partial charge is 0.380 e. The highest BCUT2D eigenvalue weighted by Gasteiger charge is 2.48. The molecule has 0 amide bonds. The first-order valence-corrected chi connectivity index (χ1v) is 14.2. The molecule has 3 unspecified atom stereocenters. The van der Waals surface area contributed by atoms with Gasteiger partial charge in [0.05, 0.1) is 11.4 Å². The number of aromatic nitrogens is 2. The number of hydrogen-bond acceptors (Lipinski definition) is 3. The fraction of sp³-hybridized carbons (Fsp3) is 0.700. The fourth-order valence-corrected chi connectivity index (χ4v) is 9.17. The molecule has 5 atom stereocenters. The van der Waals surface area contributed by atoms with Gasteiger partial charge in [0, 0.05) is 50.0 Å². The number of aryl methyl sites for hydroxylation is 2. The number of hydrogen-bond donors (Lipinski definition) is 1. The van der Waals surface area contributed by atoms with Crippen molar-refractivity contribution in [1.29, 1.82) is 0 Å². The number of halogens is 2. The van der Waals surface area contributed by atoms with E-state index in [1.54, 1.807) is 30.1 Å². The summed E-state index contributed by atoms with van der Waals surface area (Å²) in [5.41, 5.74) is 2.44. The number of nitrogens with zero attached hydrogens (tertiary/aromatic N) is 3. The maximum atomic E-state index is 15.1. The number of anilines is 1. The molecule has 6 rings (SSSR count). The van der Waals surface area contributed by atoms with Crippen LogP contribution in [0.2, 0.25) is 0 Å². The Kier molecular flexibility index (Phi) is 6.17. The number of rotatable bonds is 5. The zero-order chi connectivity index (χ0) is 25.2. The van der Waals surface area contributed by atoms with Crippen LogP contribution >= 0.6 is 0 Å². The molecule has 0 radical (unpaired) electrons. The van der Waals surface area contributed by atoms with Crippen molar-refractivity contribution in [3.63, 3.8) is 0 Å². The molecular formula is C30H42F2N4. The van der Waals surface area contributed by atoms with E-state index in [1.165, 1.54) is 51.7 Å². The normalized spacial score (nSPS) is 36.3. The maximum absolute atomic E-state index is 15.1. The highest BCUT2D eigenvalue weighted by atomic mass is 19.2. The van der Waals surface area contributed by atoms with Crippen LogP contribution in [0.3, 0.4) is 0 Å². The number of benzene rings is 1. The summed E-state index contributed by atoms with van der Waals surface area (Å²) < 4.78 is 31.7. The lowest BCUT2D eigenvalue weighted by Gasteiger charge is -2.51. The average Bonchev–Trinajstić information content (AvgIpc) is 3.42. The van der Waals surface area contributed by atoms with Crippen molar-refractivity contribution < 1.29 is 8.78 Å². The van der Waals surface area contributed by atoms with E-state index in [-0.39, 0.29) is 17.3 Å². The lowest BCUT2D eigenvalue weighted by atomic mass is 9.56. The molecule has 1 saturated heterocycles. The third kappa shape index (κ3) is 4.48. The summed E-state index contributed by atoms with van der Waals surface area (Å²) in [5.74, 6) is 2.45. The van der Waals surface area contributed by atoms with Crippen molar-refractivity contribution in [2.75, 3.05) is 25.0 Å². The molecule has 196 valence electrons. The van der Waals surface area contributed by atoms with Crippen LogP contribution in [-0.2, 0) is 7.05 Å². The van der Waals surface area contributed by atoms with Crippen LogP contribution in [0, 0.1) is 53.6 Å². The van der Waals surface area contributed by atoms with E-state index in [9.17, 15) is 0 Å². The van der Waals surface area contributed by atoms with E-state index >= 15 is 8.78 Å². The van der Waals surface area contributed by atoms with E-state index in [1.807, 2.05) is 6.92 Å². The van der Waals surface area contributed by atoms with Crippen molar-refractivity contribution in [2.24, 2.45) is 42.1 Å². The zero-order valence-corrected chi connectivity index (χ0v) is 22.4. The van der Waals surface area contributed by atoms with E-state index in [0.717, 1.165) is 30.6 Å². The first-order valence-electron chi connectivity index (χ1n) is 14.2. The van der Waals surface area contributed by atoms with E-state index in [4.69, 9.17) is 0 Å². The number of likely N-dealkylation sites (tertiary alicyclic amines) is 1. The van der Waals surface area contributed by atoms with Gasteiger partial charge in [0.2, 0.25) is 0 Å². The van der Waals surface area contributed by atoms with Crippen LogP contribution in [0.5, 0.6) is 0 Å². The van der Waals surface area contributed by atoms with Crippen molar-refractivity contribution in [3.05, 3.63) is 35.7 Å². The van der Waals surface area contributed by atoms with Crippen LogP contribution in [0.15, 0.2) is 18.3 Å². The molecule has 2 bridgehead atoms. The predicted molar refractivity (Wildman–Crippen MR) is 141 cm³/mol. The van der Waals surface area contributed by atoms with Gasteiger partial charge in [-0.25, -0.2) is 8.78 Å². The molecule has 1 N–H and O–H groups in total. The fourth-order valence-electron chi connectivity index (χ4n) is 9.17. The van der Waals surface area contributed by atoms with E-state index in [2.05, 4.69) is 29.2 Å². The monoisotopic (exact) mass is 496 g/mol. The molecule has 4 nitrogen and oxygen atoms in total. The minimum atomic E-state index is -0.790. The average molecular weight is 497 g/mol. The standard InChI is InChI=1S/C30H42F2N4/c1-18-7-21-8-19(2)12-30(11-18,13-21)17-36-14-22-9-24(10-23(22)15-36)33-27-6-5-25(28(31)29(27)32)26-16-35(4)34-20(26)3/h5-6,16,18-19,21-24,33H,7-15,17H2,1-4H3/t18?,19?,21?,22-,23+,24?,30?. The van der Waals surface area contributed by atoms with Crippen LogP contribution in [0.1, 0.15) is 64.5 Å². The summed E-state index contributed by atoms with van der Waals surface area (Å²) >= 11 is 0. The Bertz CT molecular complexity index is 1090. The second kappa shape index (κ2) is 9.11. The van der Waals surface area contributed by atoms with Crippen molar-refractivity contribution >= 4 is 5.69 Å². The third-order valence-electron chi connectivity index (χ3n) is 9.89. The topological polar surface area (TPSA) is 33.1 Å². The molecule has 1 aromatic heterocycles. The van der Waals surface area contributed by atoms with Gasteiger partial charge < -0.3 is 10.2 Å². The molecule has 3 saturated carbocycles. The summed E-state index contributed by atoms with van der Waals surface area (Å²) in [6.45, 7) is 10.4. The van der Waals surface area contributed by atoms with Gasteiger partial charge in [-0.2, -0.15) is 5.10 Å². The van der Waals surface area contributed by atoms with E-state index < -0.39 is 11.6 Å². The molecule has 6 heteroatoms. The molecule has 1 aromatic carbocycles. The van der Waals surface area contributed by atoms with Crippen LogP contribution in [0.4, 0.5) is 14.5 Å². The minimum absolute atomic E-state index is 0.217. The molecule has 0 spiro atoms. The Morgan fingerprint density at radius 1 is 0.944 bits per heavy atom. The van der Waals surface area contributed by atoms with Gasteiger partial charge in [0.15, 0.2) is 11.6 Å². The molecule has 4 aliphatic rings. The molecule has 36 heavy (non-hydrogen) atoms. The van der Waals surface area contributed by atoms with Gasteiger partial charge in [-0.3, -0.25) is 4.68 Å². The summed E-state index contributed by atoms with van der Waals surface area (Å²) in [5, 5.41) is 7.64. The lowest BCUT2D eigenvalue weighted by Crippen LogP contribution is -2.46. The second-order valence-electron chi connectivity index (χ2n) is 13.3. The van der Waals surface area contributed by atoms with Crippen molar-refractivity contribution in [3.8, 4) is 11.1 Å². The first-order chi connectivity index (χ1) is 17.2. The Morgan fingerprint density at radius 3 is 2.22 bits per heavy atom. The molecular weight excluding hydrogens is 454 g/mol. The summed E-state index contributed by atoms with van der Waals surface area (Å²) in [7, 11) is 1.79. The summed E-state index contributed by atoms with van der Waals surface area (Å²) in [6.07, 6.45) is 11.0. The van der Waals surface area contributed by atoms with Gasteiger partial charge in [0.25, 0.3) is 0 Å². The predicted octanol–water partition coefficient (Wildman–Crippen LogP) is 6.65. The summed E-state index contributed by atoms with van der Waals surface area (Å²) in [4.78, 5) is 2.77. The highest BCUT2D eigenvalue weighted by Crippen LogP contribution is 2.54. The lowest BCUT2D eigenvalue weighted by molar-refractivity contribution is -0.00648. The number of nitrogens with one attached hydrogen (secondary N) is 1. The molecule has 2 aromatic rings. The van der Waals surface area contributed by atoms with Crippen LogP contribution in [-0.4, -0.2) is 40.4 Å². The van der Waals surface area contributed by atoms with Crippen molar-refractivity contribution in [2.45, 2.75) is 71.8 Å². The van der Waals surface area contributed by atoms with Gasteiger partial charge in [-0.1, -0.05) is 13.8 Å². The Hall–Kier alpha value is -1.95. The van der Waals surface area contributed by atoms with Gasteiger partial charge >= 0.3 is 0 Å². The van der Waals surface area contributed by atoms with Crippen LogP contribution < -0.4 is 5.32 Å². The number of fused-ring (bicyclic) bond motifs is 3. The molecule has 1 aliphatic heterocycles. The molecule has 2 heterocycles. The quantitative estimate of drug-likeness (QED) is 0.503. The van der Waals surface area contributed by atoms with Crippen molar-refractivity contribution in [1.82, 2.24) is 14.7 Å². The van der Waals surface area contributed by atoms with E-state index in [0.29, 0.717) is 28.5 Å². The maximum Gasteiger partial charge on any atom is 0.182 e. The van der Waals surface area contributed by atoms with Crippen LogP contribution in [0.25, 0.3) is 11.1 Å². The van der Waals surface area contributed by atoms with Gasteiger partial charge in [0.1, 0.15) is 0 Å². The zero-order valence-electron chi connectivity index (χ0n) is 22.4. The Balaban J connectivity index is 1.08. The molecule has 3 aliphatic carbocycles. The molecule has 4 fully saturated rings. The SMILES string of the molecule is Cc1nn(C)cc1-c1ccc(NC2C[C@@H]3CN(CC45CC(C)CC(CC(C)C4)C5)C[C@@H]3C2)c(F)c1F. The summed E-state index contributed by atoms with van der Waals surface area (Å²) in [6, 6.07) is 3.60. The third-order valence-corrected chi connectivity index (χ3v) is 9.89. The second-order valence-corrected chi connectivity index (χ2v) is 13.3.